The Kier molecular flexibility index (Phi) is 6.84. The number of anilines is 2. The lowest BCUT2D eigenvalue weighted by Crippen LogP contribution is -2.25. The van der Waals surface area contributed by atoms with Gasteiger partial charge in [0.15, 0.2) is 0 Å². The Morgan fingerprint density at radius 2 is 1.89 bits per heavy atom. The van der Waals surface area contributed by atoms with Gasteiger partial charge in [-0.25, -0.2) is 4.39 Å². The number of thiophene rings is 1. The number of hydrogen-bond acceptors (Lipinski definition) is 4. The van der Waals surface area contributed by atoms with Crippen molar-refractivity contribution in [1.82, 2.24) is 0 Å². The molecule has 0 fully saturated rings. The zero-order valence-corrected chi connectivity index (χ0v) is 16.8. The van der Waals surface area contributed by atoms with Gasteiger partial charge in [-0.1, -0.05) is 31.2 Å². The lowest BCUT2D eigenvalue weighted by atomic mass is 10.2. The number of para-hydroxylation sites is 1. The summed E-state index contributed by atoms with van der Waals surface area (Å²) in [6.07, 6.45) is 0.580. The Morgan fingerprint density at radius 1 is 1.07 bits per heavy atom. The molecule has 0 saturated carbocycles. The van der Waals surface area contributed by atoms with Crippen LogP contribution in [0.2, 0.25) is 0 Å². The third-order valence-corrected chi connectivity index (χ3v) is 6.14. The fraction of sp³-hybridized carbons (Fsp3) is 0.143. The van der Waals surface area contributed by atoms with Crippen molar-refractivity contribution < 1.29 is 14.0 Å². The highest BCUT2D eigenvalue weighted by Crippen LogP contribution is 2.29. The van der Waals surface area contributed by atoms with Gasteiger partial charge < -0.3 is 10.6 Å². The molecule has 0 bridgehead atoms. The molecule has 3 aromatic rings. The Bertz CT molecular complexity index is 961. The average molecular weight is 415 g/mol. The molecule has 1 aromatic heterocycles. The molecule has 28 heavy (non-hydrogen) atoms. The molecule has 1 heterocycles. The number of halogens is 1. The lowest BCUT2D eigenvalue weighted by molar-refractivity contribution is -0.115. The summed E-state index contributed by atoms with van der Waals surface area (Å²) in [5, 5.41) is 6.97. The molecular formula is C21H19FN2O2S2. The number of amides is 2. The molecule has 4 nitrogen and oxygen atoms in total. The minimum atomic E-state index is -0.464. The molecule has 1 unspecified atom stereocenters. The zero-order valence-electron chi connectivity index (χ0n) is 15.1. The highest BCUT2D eigenvalue weighted by molar-refractivity contribution is 8.00. The molecule has 7 heteroatoms. The molecule has 2 amide bonds. The van der Waals surface area contributed by atoms with Crippen molar-refractivity contribution in [3.63, 3.8) is 0 Å². The first-order chi connectivity index (χ1) is 13.6. The fourth-order valence-corrected chi connectivity index (χ4v) is 4.14. The van der Waals surface area contributed by atoms with Gasteiger partial charge in [-0.3, -0.25) is 9.59 Å². The fourth-order valence-electron chi connectivity index (χ4n) is 2.51. The summed E-state index contributed by atoms with van der Waals surface area (Å²) in [5.74, 6) is -0.888. The topological polar surface area (TPSA) is 58.2 Å². The molecule has 0 radical (unpaired) electrons. The molecule has 0 saturated heterocycles. The molecular weight excluding hydrogens is 395 g/mol. The maximum atomic E-state index is 13.8. The van der Waals surface area contributed by atoms with Gasteiger partial charge in [-0.15, -0.1) is 23.1 Å². The van der Waals surface area contributed by atoms with E-state index in [0.717, 1.165) is 4.90 Å². The van der Waals surface area contributed by atoms with Crippen LogP contribution in [0.3, 0.4) is 0 Å². The van der Waals surface area contributed by atoms with Gasteiger partial charge in [-0.05, 0) is 48.2 Å². The summed E-state index contributed by atoms with van der Waals surface area (Å²) in [6, 6.07) is 17.0. The molecule has 2 N–H and O–H groups in total. The van der Waals surface area contributed by atoms with Gasteiger partial charge >= 0.3 is 0 Å². The first kappa shape index (κ1) is 20.1. The molecule has 0 aliphatic rings. The smallest absolute Gasteiger partial charge is 0.265 e. The first-order valence-electron chi connectivity index (χ1n) is 8.73. The van der Waals surface area contributed by atoms with Crippen LogP contribution in [-0.4, -0.2) is 17.1 Å². The summed E-state index contributed by atoms with van der Waals surface area (Å²) in [7, 11) is 0. The second-order valence-electron chi connectivity index (χ2n) is 5.94. The SMILES string of the molecule is CCC(Sc1cccc(NC(=O)c2cccs2)c1)C(=O)Nc1ccccc1F. The summed E-state index contributed by atoms with van der Waals surface area (Å²) >= 11 is 2.75. The second kappa shape index (κ2) is 9.52. The minimum Gasteiger partial charge on any atom is -0.323 e. The maximum Gasteiger partial charge on any atom is 0.265 e. The Morgan fingerprint density at radius 3 is 2.61 bits per heavy atom. The Hall–Kier alpha value is -2.64. The van der Waals surface area contributed by atoms with Gasteiger partial charge in [0, 0.05) is 10.6 Å². The van der Waals surface area contributed by atoms with Crippen LogP contribution in [-0.2, 0) is 4.79 Å². The quantitative estimate of drug-likeness (QED) is 0.491. The van der Waals surface area contributed by atoms with E-state index < -0.39 is 5.82 Å². The molecule has 0 aliphatic carbocycles. The van der Waals surface area contributed by atoms with Crippen LogP contribution < -0.4 is 10.6 Å². The molecule has 0 spiro atoms. The van der Waals surface area contributed by atoms with E-state index in [9.17, 15) is 14.0 Å². The molecule has 2 aromatic carbocycles. The van der Waals surface area contributed by atoms with E-state index in [1.807, 2.05) is 36.6 Å². The van der Waals surface area contributed by atoms with Crippen LogP contribution in [0.5, 0.6) is 0 Å². The predicted octanol–water partition coefficient (Wildman–Crippen LogP) is 5.65. The van der Waals surface area contributed by atoms with Crippen molar-refractivity contribution in [2.75, 3.05) is 10.6 Å². The van der Waals surface area contributed by atoms with Crippen LogP contribution >= 0.6 is 23.1 Å². The van der Waals surface area contributed by atoms with Crippen LogP contribution in [0.15, 0.2) is 70.9 Å². The van der Waals surface area contributed by atoms with Gasteiger partial charge in [0.2, 0.25) is 5.91 Å². The average Bonchev–Trinajstić information content (AvgIpc) is 3.23. The summed E-state index contributed by atoms with van der Waals surface area (Å²) in [5.41, 5.74) is 0.830. The molecule has 3 rings (SSSR count). The van der Waals surface area contributed by atoms with Crippen molar-refractivity contribution >= 4 is 46.3 Å². The van der Waals surface area contributed by atoms with E-state index in [2.05, 4.69) is 10.6 Å². The third-order valence-electron chi connectivity index (χ3n) is 3.91. The number of carbonyl (C=O) groups excluding carboxylic acids is 2. The van der Waals surface area contributed by atoms with Crippen molar-refractivity contribution in [2.24, 2.45) is 0 Å². The van der Waals surface area contributed by atoms with Crippen LogP contribution in [0.4, 0.5) is 15.8 Å². The number of carbonyl (C=O) groups is 2. The minimum absolute atomic E-state index is 0.165. The van der Waals surface area contributed by atoms with Gasteiger partial charge in [0.25, 0.3) is 5.91 Å². The Balaban J connectivity index is 1.66. The lowest BCUT2D eigenvalue weighted by Gasteiger charge is -2.15. The van der Waals surface area contributed by atoms with E-state index in [1.165, 1.54) is 35.2 Å². The van der Waals surface area contributed by atoms with Gasteiger partial charge in [0.05, 0.1) is 15.8 Å². The third kappa shape index (κ3) is 5.21. The van der Waals surface area contributed by atoms with E-state index in [1.54, 1.807) is 24.3 Å². The molecule has 0 aliphatic heterocycles. The number of rotatable bonds is 7. The summed E-state index contributed by atoms with van der Waals surface area (Å²) in [4.78, 5) is 26.2. The molecule has 1 atom stereocenters. The highest BCUT2D eigenvalue weighted by atomic mass is 32.2. The van der Waals surface area contributed by atoms with Crippen LogP contribution in [0.1, 0.15) is 23.0 Å². The van der Waals surface area contributed by atoms with E-state index in [-0.39, 0.29) is 22.8 Å². The molecule has 144 valence electrons. The standard InChI is InChI=1S/C21H19FN2O2S2/c1-2-18(20(25)24-17-10-4-3-9-16(17)22)28-15-8-5-7-14(13-15)23-21(26)19-11-6-12-27-19/h3-13,18H,2H2,1H3,(H,23,26)(H,24,25). The van der Waals surface area contributed by atoms with Crippen molar-refractivity contribution in [1.29, 1.82) is 0 Å². The van der Waals surface area contributed by atoms with Crippen LogP contribution in [0.25, 0.3) is 0 Å². The van der Waals surface area contributed by atoms with Crippen molar-refractivity contribution in [3.05, 3.63) is 76.7 Å². The van der Waals surface area contributed by atoms with Crippen molar-refractivity contribution in [2.45, 2.75) is 23.5 Å². The summed E-state index contributed by atoms with van der Waals surface area (Å²) < 4.78 is 13.8. The van der Waals surface area contributed by atoms with E-state index in [0.29, 0.717) is 17.0 Å². The van der Waals surface area contributed by atoms with E-state index >= 15 is 0 Å². The van der Waals surface area contributed by atoms with Gasteiger partial charge in [0.1, 0.15) is 5.82 Å². The monoisotopic (exact) mass is 414 g/mol. The maximum absolute atomic E-state index is 13.8. The van der Waals surface area contributed by atoms with Crippen molar-refractivity contribution in [3.8, 4) is 0 Å². The number of nitrogens with one attached hydrogen (secondary N) is 2. The second-order valence-corrected chi connectivity index (χ2v) is 8.17. The Labute approximate surface area is 171 Å². The zero-order chi connectivity index (χ0) is 19.9. The number of benzene rings is 2. The summed E-state index contributed by atoms with van der Waals surface area (Å²) in [6.45, 7) is 1.90. The first-order valence-corrected chi connectivity index (χ1v) is 10.5. The number of hydrogen-bond donors (Lipinski definition) is 2. The highest BCUT2D eigenvalue weighted by Gasteiger charge is 2.19. The largest absolute Gasteiger partial charge is 0.323 e. The van der Waals surface area contributed by atoms with E-state index in [4.69, 9.17) is 0 Å². The van der Waals surface area contributed by atoms with Crippen LogP contribution in [0, 0.1) is 5.82 Å². The number of thioether (sulfide) groups is 1. The predicted molar refractivity (Wildman–Crippen MR) is 114 cm³/mol. The normalized spacial score (nSPS) is 11.6. The van der Waals surface area contributed by atoms with Gasteiger partial charge in [-0.2, -0.15) is 0 Å².